The molecule has 0 spiro atoms. The molecule has 21 heavy (non-hydrogen) atoms. The Balaban J connectivity index is 2.07. The van der Waals surface area contributed by atoms with Crippen molar-refractivity contribution in [1.82, 2.24) is 0 Å². The van der Waals surface area contributed by atoms with Crippen LogP contribution in [0, 0.1) is 0 Å². The van der Waals surface area contributed by atoms with E-state index in [9.17, 15) is 9.90 Å². The molecule has 0 amide bonds. The van der Waals surface area contributed by atoms with Gasteiger partial charge in [-0.15, -0.1) is 11.8 Å². The highest BCUT2D eigenvalue weighted by molar-refractivity contribution is 8.00. The molecule has 0 aliphatic rings. The van der Waals surface area contributed by atoms with Crippen LogP contribution in [-0.4, -0.2) is 16.3 Å². The number of benzene rings is 2. The largest absolute Gasteiger partial charge is 0.480 e. The van der Waals surface area contributed by atoms with Crippen LogP contribution in [-0.2, 0) is 11.2 Å². The van der Waals surface area contributed by atoms with Gasteiger partial charge in [0, 0.05) is 4.90 Å². The van der Waals surface area contributed by atoms with Gasteiger partial charge in [0.2, 0.25) is 0 Å². The normalized spacial score (nSPS) is 12.3. The van der Waals surface area contributed by atoms with Crippen LogP contribution in [0.3, 0.4) is 0 Å². The van der Waals surface area contributed by atoms with E-state index in [1.54, 1.807) is 0 Å². The molecule has 2 aromatic carbocycles. The molecule has 2 nitrogen and oxygen atoms in total. The lowest BCUT2D eigenvalue weighted by atomic mass is 10.0. The minimum Gasteiger partial charge on any atom is -0.480 e. The van der Waals surface area contributed by atoms with E-state index in [1.165, 1.54) is 17.3 Å². The van der Waals surface area contributed by atoms with Crippen LogP contribution in [0.15, 0.2) is 59.5 Å². The van der Waals surface area contributed by atoms with Gasteiger partial charge in [0.15, 0.2) is 0 Å². The third kappa shape index (κ3) is 4.64. The number of rotatable bonds is 6. The first-order valence-electron chi connectivity index (χ1n) is 7.09. The van der Waals surface area contributed by atoms with Crippen LogP contribution in [0.25, 0.3) is 0 Å². The Bertz CT molecular complexity index is 576. The van der Waals surface area contributed by atoms with E-state index < -0.39 is 11.2 Å². The Morgan fingerprint density at radius 1 is 1.05 bits per heavy atom. The van der Waals surface area contributed by atoms with Gasteiger partial charge in [-0.3, -0.25) is 4.79 Å². The highest BCUT2D eigenvalue weighted by Crippen LogP contribution is 2.26. The summed E-state index contributed by atoms with van der Waals surface area (Å²) in [5, 5.41) is 8.96. The first-order chi connectivity index (χ1) is 10.1. The Labute approximate surface area is 130 Å². The van der Waals surface area contributed by atoms with Crippen molar-refractivity contribution in [2.24, 2.45) is 0 Å². The molecule has 0 unspecified atom stereocenters. The summed E-state index contributed by atoms with van der Waals surface area (Å²) < 4.78 is 0. The second-order valence-corrected chi connectivity index (χ2v) is 6.63. The number of carboxylic acid groups (broad SMARTS) is 1. The van der Waals surface area contributed by atoms with E-state index >= 15 is 0 Å². The Kier molecular flexibility index (Phi) is 5.45. The predicted molar refractivity (Wildman–Crippen MR) is 88.0 cm³/mol. The summed E-state index contributed by atoms with van der Waals surface area (Å²) in [6, 6.07) is 17.9. The van der Waals surface area contributed by atoms with Crippen molar-refractivity contribution in [3.8, 4) is 0 Å². The van der Waals surface area contributed by atoms with E-state index in [1.807, 2.05) is 42.5 Å². The molecule has 0 heterocycles. The molecule has 2 rings (SSSR count). The third-order valence-corrected chi connectivity index (χ3v) is 4.56. The molecule has 0 saturated carbocycles. The summed E-state index contributed by atoms with van der Waals surface area (Å²) in [6.45, 7) is 4.31. The van der Waals surface area contributed by atoms with Crippen molar-refractivity contribution in [2.45, 2.75) is 36.3 Å². The van der Waals surface area contributed by atoms with Gasteiger partial charge in [-0.2, -0.15) is 0 Å². The summed E-state index contributed by atoms with van der Waals surface area (Å²) in [5.41, 5.74) is 2.34. The van der Waals surface area contributed by atoms with Gasteiger partial charge < -0.3 is 5.11 Å². The molecule has 110 valence electrons. The highest BCUT2D eigenvalue weighted by atomic mass is 32.2. The van der Waals surface area contributed by atoms with Crippen LogP contribution in [0.4, 0.5) is 0 Å². The average molecular weight is 300 g/mol. The fraction of sp³-hybridized carbons (Fsp3) is 0.278. The third-order valence-electron chi connectivity index (χ3n) is 3.36. The number of hydrogen-bond acceptors (Lipinski definition) is 2. The van der Waals surface area contributed by atoms with E-state index in [0.29, 0.717) is 12.3 Å². The fourth-order valence-electron chi connectivity index (χ4n) is 2.10. The van der Waals surface area contributed by atoms with E-state index in [2.05, 4.69) is 26.0 Å². The summed E-state index contributed by atoms with van der Waals surface area (Å²) in [4.78, 5) is 12.5. The molecule has 0 aliphatic carbocycles. The fourth-order valence-corrected chi connectivity index (χ4v) is 3.11. The smallest absolute Gasteiger partial charge is 0.317 e. The molecule has 1 N–H and O–H groups in total. The Morgan fingerprint density at radius 3 is 2.19 bits per heavy atom. The molecule has 1 atom stereocenters. The first-order valence-corrected chi connectivity index (χ1v) is 7.97. The minimum atomic E-state index is -0.767. The molecule has 0 aromatic heterocycles. The van der Waals surface area contributed by atoms with Crippen LogP contribution in [0.5, 0.6) is 0 Å². The molecule has 0 fully saturated rings. The Hall–Kier alpha value is -1.74. The zero-order valence-corrected chi connectivity index (χ0v) is 13.1. The topological polar surface area (TPSA) is 37.3 Å². The SMILES string of the molecule is CC(C)c1ccc(C[C@H](Sc2ccccc2)C(=O)O)cc1. The van der Waals surface area contributed by atoms with Crippen molar-refractivity contribution in [2.75, 3.05) is 0 Å². The van der Waals surface area contributed by atoms with Crippen molar-refractivity contribution in [3.05, 3.63) is 65.7 Å². The molecule has 0 aliphatic heterocycles. The maximum atomic E-state index is 11.5. The molecule has 3 heteroatoms. The van der Waals surface area contributed by atoms with Crippen LogP contribution in [0.2, 0.25) is 0 Å². The summed E-state index contributed by atoms with van der Waals surface area (Å²) in [7, 11) is 0. The maximum absolute atomic E-state index is 11.5. The van der Waals surface area contributed by atoms with E-state index in [0.717, 1.165) is 10.5 Å². The molecule has 0 bridgehead atoms. The molecule has 0 radical (unpaired) electrons. The lowest BCUT2D eigenvalue weighted by molar-refractivity contribution is -0.136. The predicted octanol–water partition coefficient (Wildman–Crippen LogP) is 4.60. The number of hydrogen-bond donors (Lipinski definition) is 1. The van der Waals surface area contributed by atoms with Gasteiger partial charge in [-0.05, 0) is 35.6 Å². The lowest BCUT2D eigenvalue weighted by Crippen LogP contribution is -2.19. The van der Waals surface area contributed by atoms with Crippen LogP contribution >= 0.6 is 11.8 Å². The van der Waals surface area contributed by atoms with Crippen molar-refractivity contribution in [3.63, 3.8) is 0 Å². The number of carboxylic acids is 1. The van der Waals surface area contributed by atoms with E-state index in [4.69, 9.17) is 0 Å². The van der Waals surface area contributed by atoms with E-state index in [-0.39, 0.29) is 0 Å². The summed E-state index contributed by atoms with van der Waals surface area (Å²) in [6.07, 6.45) is 0.535. The summed E-state index contributed by atoms with van der Waals surface area (Å²) >= 11 is 1.40. The summed E-state index contributed by atoms with van der Waals surface area (Å²) in [5.74, 6) is -0.273. The molecular weight excluding hydrogens is 280 g/mol. The second-order valence-electron chi connectivity index (χ2n) is 5.36. The Morgan fingerprint density at radius 2 is 1.67 bits per heavy atom. The molecule has 2 aromatic rings. The lowest BCUT2D eigenvalue weighted by Gasteiger charge is -2.13. The van der Waals surface area contributed by atoms with Crippen molar-refractivity contribution < 1.29 is 9.90 Å². The second kappa shape index (κ2) is 7.32. The number of aliphatic carboxylic acids is 1. The van der Waals surface area contributed by atoms with Crippen LogP contribution in [0.1, 0.15) is 30.9 Å². The molecule has 0 saturated heterocycles. The van der Waals surface area contributed by atoms with Crippen molar-refractivity contribution >= 4 is 17.7 Å². The zero-order chi connectivity index (χ0) is 15.2. The van der Waals surface area contributed by atoms with Gasteiger partial charge >= 0.3 is 5.97 Å². The van der Waals surface area contributed by atoms with Gasteiger partial charge in [0.05, 0.1) is 0 Å². The van der Waals surface area contributed by atoms with Gasteiger partial charge in [-0.25, -0.2) is 0 Å². The van der Waals surface area contributed by atoms with Gasteiger partial charge in [0.1, 0.15) is 5.25 Å². The van der Waals surface area contributed by atoms with Crippen molar-refractivity contribution in [1.29, 1.82) is 0 Å². The van der Waals surface area contributed by atoms with Gasteiger partial charge in [0.25, 0.3) is 0 Å². The number of thioether (sulfide) groups is 1. The quantitative estimate of drug-likeness (QED) is 0.792. The van der Waals surface area contributed by atoms with Crippen LogP contribution < -0.4 is 0 Å². The monoisotopic (exact) mass is 300 g/mol. The number of carbonyl (C=O) groups is 1. The zero-order valence-electron chi connectivity index (χ0n) is 12.3. The minimum absolute atomic E-state index is 0.461. The molecular formula is C18H20O2S. The maximum Gasteiger partial charge on any atom is 0.317 e. The van der Waals surface area contributed by atoms with Gasteiger partial charge in [-0.1, -0.05) is 56.3 Å². The highest BCUT2D eigenvalue weighted by Gasteiger charge is 2.19. The average Bonchev–Trinajstić information content (AvgIpc) is 2.48. The first kappa shape index (κ1) is 15.6. The standard InChI is InChI=1S/C18H20O2S/c1-13(2)15-10-8-14(9-11-15)12-17(18(19)20)21-16-6-4-3-5-7-16/h3-11,13,17H,12H2,1-2H3,(H,19,20)/t17-/m0/s1.